The van der Waals surface area contributed by atoms with Crippen molar-refractivity contribution < 1.29 is 24.9 Å². The molecular weight excluding hydrogens is 376 g/mol. The predicted octanol–water partition coefficient (Wildman–Crippen LogP) is 2.38. The highest BCUT2D eigenvalue weighted by molar-refractivity contribution is 8.00. The van der Waals surface area contributed by atoms with Crippen LogP contribution in [0.15, 0.2) is 42.5 Å². The number of aliphatic hydroxyl groups excluding tert-OH is 3. The molecule has 0 amide bonds. The summed E-state index contributed by atoms with van der Waals surface area (Å²) < 4.78 is 6.02. The van der Waals surface area contributed by atoms with Crippen LogP contribution in [0.5, 0.6) is 0 Å². The van der Waals surface area contributed by atoms with Crippen molar-refractivity contribution in [2.75, 3.05) is 6.61 Å². The average molecular weight is 400 g/mol. The molecule has 1 unspecified atom stereocenters. The number of benzene rings is 2. The van der Waals surface area contributed by atoms with Crippen LogP contribution in [0.1, 0.15) is 46.0 Å². The van der Waals surface area contributed by atoms with Gasteiger partial charge in [0, 0.05) is 16.4 Å². The summed E-state index contributed by atoms with van der Waals surface area (Å²) in [7, 11) is 0. The third-order valence-corrected chi connectivity index (χ3v) is 7.17. The van der Waals surface area contributed by atoms with E-state index < -0.39 is 17.1 Å². The summed E-state index contributed by atoms with van der Waals surface area (Å²) in [5.41, 5.74) is 4.71. The van der Waals surface area contributed by atoms with E-state index in [9.17, 15) is 20.1 Å². The van der Waals surface area contributed by atoms with Gasteiger partial charge in [-0.25, -0.2) is 0 Å². The van der Waals surface area contributed by atoms with Crippen LogP contribution in [0.4, 0.5) is 0 Å². The summed E-state index contributed by atoms with van der Waals surface area (Å²) in [5, 5.41) is 30.5. The number of ether oxygens (including phenoxy) is 1. The maximum Gasteiger partial charge on any atom is 0.168 e. The van der Waals surface area contributed by atoms with Gasteiger partial charge in [0.2, 0.25) is 0 Å². The van der Waals surface area contributed by atoms with Crippen LogP contribution in [-0.4, -0.2) is 45.2 Å². The van der Waals surface area contributed by atoms with Crippen LogP contribution >= 0.6 is 11.8 Å². The predicted molar refractivity (Wildman–Crippen MR) is 107 cm³/mol. The van der Waals surface area contributed by atoms with Crippen molar-refractivity contribution in [3.63, 3.8) is 0 Å². The first-order chi connectivity index (χ1) is 13.4. The number of rotatable bonds is 4. The minimum absolute atomic E-state index is 0.0449. The van der Waals surface area contributed by atoms with Gasteiger partial charge in [0.15, 0.2) is 10.7 Å². The lowest BCUT2D eigenvalue weighted by atomic mass is 9.92. The van der Waals surface area contributed by atoms with Gasteiger partial charge < -0.3 is 20.1 Å². The lowest BCUT2D eigenvalue weighted by molar-refractivity contribution is -0.115. The normalized spacial score (nSPS) is 29.1. The molecule has 2 aliphatic rings. The SMILES string of the molecule is CC(=O)c1ccc(Cc2ccc3c(c2)[C@]2(OC3)S[C@H](CO)CC(O)[C@H]2O)cc1. The smallest absolute Gasteiger partial charge is 0.168 e. The Balaban J connectivity index is 1.64. The minimum Gasteiger partial charge on any atom is -0.395 e. The summed E-state index contributed by atoms with van der Waals surface area (Å²) in [6.07, 6.45) is -0.960. The molecule has 2 aromatic rings. The molecule has 6 heteroatoms. The van der Waals surface area contributed by atoms with E-state index in [1.807, 2.05) is 42.5 Å². The first-order valence-electron chi connectivity index (χ1n) is 9.44. The number of Topliss-reactive ketones (excluding diaryl/α,β-unsaturated/α-hetero) is 1. The second kappa shape index (κ2) is 7.61. The molecule has 0 aromatic heterocycles. The Labute approximate surface area is 168 Å². The van der Waals surface area contributed by atoms with E-state index >= 15 is 0 Å². The Morgan fingerprint density at radius 3 is 2.57 bits per heavy atom. The molecule has 0 bridgehead atoms. The minimum atomic E-state index is -1.05. The van der Waals surface area contributed by atoms with Crippen LogP contribution in [0.2, 0.25) is 0 Å². The van der Waals surface area contributed by atoms with Crippen LogP contribution in [0, 0.1) is 0 Å². The van der Waals surface area contributed by atoms with Crippen molar-refractivity contribution in [1.29, 1.82) is 0 Å². The molecule has 28 heavy (non-hydrogen) atoms. The second-order valence-corrected chi connectivity index (χ2v) is 9.06. The molecule has 3 N–H and O–H groups in total. The molecule has 1 saturated heterocycles. The zero-order chi connectivity index (χ0) is 19.9. The van der Waals surface area contributed by atoms with Gasteiger partial charge >= 0.3 is 0 Å². The Kier molecular flexibility index (Phi) is 5.33. The maximum absolute atomic E-state index is 11.4. The molecule has 0 radical (unpaired) electrons. The third kappa shape index (κ3) is 3.40. The van der Waals surface area contributed by atoms with E-state index in [0.29, 0.717) is 25.0 Å². The highest BCUT2D eigenvalue weighted by Crippen LogP contribution is 2.54. The number of hydrogen-bond acceptors (Lipinski definition) is 6. The van der Waals surface area contributed by atoms with Gasteiger partial charge in [-0.05, 0) is 36.5 Å². The average Bonchev–Trinajstić information content (AvgIpc) is 3.05. The van der Waals surface area contributed by atoms with Gasteiger partial charge in [-0.3, -0.25) is 4.79 Å². The monoisotopic (exact) mass is 400 g/mol. The third-order valence-electron chi connectivity index (χ3n) is 5.56. The summed E-state index contributed by atoms with van der Waals surface area (Å²) in [4.78, 5) is 10.4. The number of hydrogen-bond donors (Lipinski definition) is 3. The molecule has 5 nitrogen and oxygen atoms in total. The van der Waals surface area contributed by atoms with E-state index in [1.165, 1.54) is 11.8 Å². The standard InChI is InChI=1S/C22H24O5S/c1-13(24)16-5-2-14(3-6-16)8-15-4-7-17-12-27-22(19(17)9-15)21(26)20(25)10-18(11-23)28-22/h2-7,9,18,20-21,23,25-26H,8,10-12H2,1H3/t18-,20?,21+,22-/m0/s1. The molecule has 1 fully saturated rings. The highest BCUT2D eigenvalue weighted by atomic mass is 32.2. The van der Waals surface area contributed by atoms with Crippen molar-refractivity contribution in [2.24, 2.45) is 0 Å². The first kappa shape index (κ1) is 19.6. The zero-order valence-corrected chi connectivity index (χ0v) is 16.5. The maximum atomic E-state index is 11.4. The number of carbonyl (C=O) groups is 1. The number of carbonyl (C=O) groups excluding carboxylic acids is 1. The van der Waals surface area contributed by atoms with Crippen LogP contribution < -0.4 is 0 Å². The fourth-order valence-electron chi connectivity index (χ4n) is 4.01. The number of ketones is 1. The van der Waals surface area contributed by atoms with Gasteiger partial charge in [-0.1, -0.05) is 42.5 Å². The summed E-state index contributed by atoms with van der Waals surface area (Å²) in [5.74, 6) is 0.0449. The first-order valence-corrected chi connectivity index (χ1v) is 10.3. The number of fused-ring (bicyclic) bond motifs is 2. The molecule has 2 aromatic carbocycles. The largest absolute Gasteiger partial charge is 0.395 e. The lowest BCUT2D eigenvalue weighted by Gasteiger charge is -2.43. The fourth-order valence-corrected chi connectivity index (χ4v) is 5.61. The van der Waals surface area contributed by atoms with E-state index in [0.717, 1.165) is 22.3 Å². The van der Waals surface area contributed by atoms with E-state index in [-0.39, 0.29) is 17.6 Å². The van der Waals surface area contributed by atoms with Gasteiger partial charge in [0.05, 0.1) is 19.3 Å². The Morgan fingerprint density at radius 2 is 1.89 bits per heavy atom. The molecule has 2 aliphatic heterocycles. The van der Waals surface area contributed by atoms with Crippen molar-refractivity contribution in [3.05, 3.63) is 70.3 Å². The number of aliphatic hydroxyl groups is 3. The Hall–Kier alpha value is -1.70. The van der Waals surface area contributed by atoms with Crippen LogP contribution in [0.25, 0.3) is 0 Å². The Bertz CT molecular complexity index is 881. The molecule has 4 atom stereocenters. The Morgan fingerprint density at radius 1 is 1.18 bits per heavy atom. The quantitative estimate of drug-likeness (QED) is 0.683. The molecule has 4 rings (SSSR count). The van der Waals surface area contributed by atoms with Gasteiger partial charge in [0.1, 0.15) is 6.10 Å². The van der Waals surface area contributed by atoms with Crippen LogP contribution in [-0.2, 0) is 22.7 Å². The molecule has 0 aliphatic carbocycles. The lowest BCUT2D eigenvalue weighted by Crippen LogP contribution is -2.51. The highest BCUT2D eigenvalue weighted by Gasteiger charge is 2.54. The van der Waals surface area contributed by atoms with Crippen molar-refractivity contribution in [1.82, 2.24) is 0 Å². The molecule has 1 spiro atoms. The van der Waals surface area contributed by atoms with Gasteiger partial charge in [0.25, 0.3) is 0 Å². The van der Waals surface area contributed by atoms with Crippen molar-refractivity contribution >= 4 is 17.5 Å². The summed E-state index contributed by atoms with van der Waals surface area (Å²) in [6.45, 7) is 1.85. The van der Waals surface area contributed by atoms with Crippen molar-refractivity contribution in [2.45, 2.75) is 48.8 Å². The van der Waals surface area contributed by atoms with Gasteiger partial charge in [-0.15, -0.1) is 11.8 Å². The van der Waals surface area contributed by atoms with Crippen LogP contribution in [0.3, 0.4) is 0 Å². The second-order valence-electron chi connectivity index (χ2n) is 7.55. The van der Waals surface area contributed by atoms with Gasteiger partial charge in [-0.2, -0.15) is 0 Å². The molecule has 0 saturated carbocycles. The van der Waals surface area contributed by atoms with Crippen molar-refractivity contribution in [3.8, 4) is 0 Å². The van der Waals surface area contributed by atoms with E-state index in [1.54, 1.807) is 6.92 Å². The fraction of sp³-hybridized carbons (Fsp3) is 0.409. The van der Waals surface area contributed by atoms with E-state index in [2.05, 4.69) is 0 Å². The summed E-state index contributed by atoms with van der Waals surface area (Å²) >= 11 is 1.40. The summed E-state index contributed by atoms with van der Waals surface area (Å²) in [6, 6.07) is 13.6. The topological polar surface area (TPSA) is 87.0 Å². The molecule has 148 valence electrons. The number of thioether (sulfide) groups is 1. The van der Waals surface area contributed by atoms with E-state index in [4.69, 9.17) is 4.74 Å². The molecule has 2 heterocycles. The molecular formula is C22H24O5S. The zero-order valence-electron chi connectivity index (χ0n) is 15.7.